The lowest BCUT2D eigenvalue weighted by atomic mass is 10.1. The van der Waals surface area contributed by atoms with Crippen LogP contribution in [0.1, 0.15) is 6.92 Å². The van der Waals surface area contributed by atoms with E-state index in [9.17, 15) is 0 Å². The molecule has 162 valence electrons. The number of nitrogens with zero attached hydrogens (tertiary/aromatic N) is 4. The van der Waals surface area contributed by atoms with Crippen LogP contribution in [0.15, 0.2) is 75.6 Å². The van der Waals surface area contributed by atoms with Crippen LogP contribution in [0.4, 0.5) is 5.82 Å². The number of ether oxygens (including phenoxy) is 1. The fourth-order valence-electron chi connectivity index (χ4n) is 2.87. The van der Waals surface area contributed by atoms with Crippen molar-refractivity contribution in [3.05, 3.63) is 70.5 Å². The van der Waals surface area contributed by atoms with E-state index in [0.29, 0.717) is 18.8 Å². The van der Waals surface area contributed by atoms with Crippen molar-refractivity contribution in [2.75, 3.05) is 32.1 Å². The molecule has 0 spiro atoms. The average molecular weight is 485 g/mol. The van der Waals surface area contributed by atoms with Gasteiger partial charge in [0.2, 0.25) is 0 Å². The Hall–Kier alpha value is -3.17. The lowest BCUT2D eigenvalue weighted by molar-refractivity contribution is 0.202. The first-order valence-corrected chi connectivity index (χ1v) is 10.5. The highest BCUT2D eigenvalue weighted by atomic mass is 79.9. The molecular formula is C22H25BrN6O2. The molecule has 3 N–H and O–H groups in total. The highest BCUT2D eigenvalue weighted by Crippen LogP contribution is 2.25. The maximum absolute atomic E-state index is 9.05. The van der Waals surface area contributed by atoms with Gasteiger partial charge in [0.25, 0.3) is 0 Å². The highest BCUT2D eigenvalue weighted by molar-refractivity contribution is 9.10. The Balaban J connectivity index is 1.84. The van der Waals surface area contributed by atoms with Gasteiger partial charge in [-0.1, -0.05) is 41.6 Å². The summed E-state index contributed by atoms with van der Waals surface area (Å²) in [7, 11) is 1.67. The van der Waals surface area contributed by atoms with Crippen LogP contribution in [-0.4, -0.2) is 52.8 Å². The third kappa shape index (κ3) is 6.16. The summed E-state index contributed by atoms with van der Waals surface area (Å²) in [5.41, 5.74) is 4.32. The summed E-state index contributed by atoms with van der Waals surface area (Å²) in [5.74, 6) is 0.769. The van der Waals surface area contributed by atoms with Crippen LogP contribution < -0.4 is 10.6 Å². The number of rotatable bonds is 10. The molecule has 0 saturated carbocycles. The third-order valence-corrected chi connectivity index (χ3v) is 5.01. The number of hydrogen-bond acceptors (Lipinski definition) is 7. The minimum Gasteiger partial charge on any atom is -0.411 e. The molecule has 8 nitrogen and oxygen atoms in total. The van der Waals surface area contributed by atoms with E-state index in [-0.39, 0.29) is 0 Å². The van der Waals surface area contributed by atoms with Crippen molar-refractivity contribution in [3.8, 4) is 11.3 Å². The van der Waals surface area contributed by atoms with Gasteiger partial charge in [-0.15, -0.1) is 0 Å². The van der Waals surface area contributed by atoms with E-state index in [1.54, 1.807) is 17.8 Å². The molecular weight excluding hydrogens is 460 g/mol. The van der Waals surface area contributed by atoms with E-state index in [1.165, 1.54) is 6.21 Å². The van der Waals surface area contributed by atoms with E-state index in [4.69, 9.17) is 14.9 Å². The minimum atomic E-state index is 0.427. The maximum Gasteiger partial charge on any atom is 0.172 e. The van der Waals surface area contributed by atoms with Crippen LogP contribution in [0.3, 0.4) is 0 Å². The molecule has 0 saturated heterocycles. The quantitative estimate of drug-likeness (QED) is 0.132. The summed E-state index contributed by atoms with van der Waals surface area (Å²) < 4.78 is 7.58. The molecule has 0 aliphatic heterocycles. The Morgan fingerprint density at radius 3 is 2.84 bits per heavy atom. The number of hydrogen-bond donors (Lipinski definition) is 3. The first-order chi connectivity index (χ1) is 15.1. The van der Waals surface area contributed by atoms with Crippen LogP contribution in [-0.2, 0) is 4.74 Å². The van der Waals surface area contributed by atoms with Gasteiger partial charge in [0, 0.05) is 37.5 Å². The van der Waals surface area contributed by atoms with Gasteiger partial charge in [-0.05, 0) is 34.5 Å². The number of allylic oxidation sites excluding steroid dienone is 3. The normalized spacial score (nSPS) is 12.6. The largest absolute Gasteiger partial charge is 0.411 e. The molecule has 0 fully saturated rings. The SMILES string of the molecule is COCCN/C(C)=C/C=C(\C=N\O)CNc1cc(-c2ccccc2)nc2c(Br)cnn12. The van der Waals surface area contributed by atoms with Gasteiger partial charge in [0.15, 0.2) is 5.65 Å². The zero-order valence-corrected chi connectivity index (χ0v) is 19.0. The number of benzene rings is 1. The molecule has 0 atom stereocenters. The van der Waals surface area contributed by atoms with Gasteiger partial charge in [-0.25, -0.2) is 4.98 Å². The molecule has 0 unspecified atom stereocenters. The van der Waals surface area contributed by atoms with Gasteiger partial charge < -0.3 is 20.6 Å². The fraction of sp³-hybridized carbons (Fsp3) is 0.227. The van der Waals surface area contributed by atoms with E-state index in [2.05, 4.69) is 36.8 Å². The van der Waals surface area contributed by atoms with Crippen LogP contribution in [0.25, 0.3) is 16.9 Å². The zero-order chi connectivity index (χ0) is 22.1. The first-order valence-electron chi connectivity index (χ1n) is 9.73. The van der Waals surface area contributed by atoms with Crippen molar-refractivity contribution < 1.29 is 9.94 Å². The lowest BCUT2D eigenvalue weighted by Crippen LogP contribution is -2.16. The van der Waals surface area contributed by atoms with Crippen molar-refractivity contribution in [1.29, 1.82) is 0 Å². The minimum absolute atomic E-state index is 0.427. The van der Waals surface area contributed by atoms with Crippen LogP contribution in [0, 0.1) is 0 Å². The second kappa shape index (κ2) is 11.3. The smallest absolute Gasteiger partial charge is 0.172 e. The number of nitrogens with one attached hydrogen (secondary N) is 2. The Labute approximate surface area is 189 Å². The fourth-order valence-corrected chi connectivity index (χ4v) is 3.22. The number of fused-ring (bicyclic) bond motifs is 1. The summed E-state index contributed by atoms with van der Waals surface area (Å²) in [6.07, 6.45) is 6.93. The number of aromatic nitrogens is 3. The molecule has 1 aromatic carbocycles. The molecule has 3 rings (SSSR count). The van der Waals surface area contributed by atoms with Gasteiger partial charge in [0.05, 0.1) is 29.2 Å². The van der Waals surface area contributed by atoms with Crippen molar-refractivity contribution in [1.82, 2.24) is 19.9 Å². The maximum atomic E-state index is 9.05. The summed E-state index contributed by atoms with van der Waals surface area (Å²) in [4.78, 5) is 4.73. The highest BCUT2D eigenvalue weighted by Gasteiger charge is 2.11. The molecule has 2 heterocycles. The Morgan fingerprint density at radius 2 is 2.10 bits per heavy atom. The number of halogens is 1. The average Bonchev–Trinajstić information content (AvgIpc) is 3.17. The van der Waals surface area contributed by atoms with E-state index >= 15 is 0 Å². The summed E-state index contributed by atoms with van der Waals surface area (Å²) >= 11 is 3.52. The van der Waals surface area contributed by atoms with E-state index in [0.717, 1.165) is 39.4 Å². The summed E-state index contributed by atoms with van der Waals surface area (Å²) in [5, 5.41) is 23.3. The molecule has 2 aromatic heterocycles. The van der Waals surface area contributed by atoms with Gasteiger partial charge >= 0.3 is 0 Å². The summed E-state index contributed by atoms with van der Waals surface area (Å²) in [6.45, 7) is 3.74. The molecule has 31 heavy (non-hydrogen) atoms. The lowest BCUT2D eigenvalue weighted by Gasteiger charge is -2.11. The number of anilines is 1. The molecule has 3 aromatic rings. The molecule has 0 amide bonds. The van der Waals surface area contributed by atoms with Crippen molar-refractivity contribution in [2.45, 2.75) is 6.92 Å². The molecule has 9 heteroatoms. The van der Waals surface area contributed by atoms with Gasteiger partial charge in [-0.2, -0.15) is 9.61 Å². The molecule has 0 bridgehead atoms. The van der Waals surface area contributed by atoms with E-state index in [1.807, 2.05) is 55.5 Å². The second-order valence-electron chi connectivity index (χ2n) is 6.73. The molecule has 0 radical (unpaired) electrons. The Bertz CT molecular complexity index is 1090. The number of methoxy groups -OCH3 is 1. The predicted octanol–water partition coefficient (Wildman–Crippen LogP) is 4.10. The first kappa shape index (κ1) is 22.5. The van der Waals surface area contributed by atoms with Crippen molar-refractivity contribution >= 4 is 33.6 Å². The van der Waals surface area contributed by atoms with Crippen molar-refractivity contribution in [2.24, 2.45) is 5.16 Å². The molecule has 0 aliphatic carbocycles. The summed E-state index contributed by atoms with van der Waals surface area (Å²) in [6, 6.07) is 11.9. The number of oxime groups is 1. The third-order valence-electron chi connectivity index (χ3n) is 4.45. The van der Waals surface area contributed by atoms with Crippen molar-refractivity contribution in [3.63, 3.8) is 0 Å². The Kier molecular flexibility index (Phi) is 8.19. The van der Waals surface area contributed by atoms with Gasteiger partial charge in [0.1, 0.15) is 5.82 Å². The monoisotopic (exact) mass is 484 g/mol. The second-order valence-corrected chi connectivity index (χ2v) is 7.58. The Morgan fingerprint density at radius 1 is 1.29 bits per heavy atom. The zero-order valence-electron chi connectivity index (χ0n) is 17.4. The van der Waals surface area contributed by atoms with Gasteiger partial charge in [-0.3, -0.25) is 0 Å². The molecule has 0 aliphatic rings. The predicted molar refractivity (Wildman–Crippen MR) is 127 cm³/mol. The standard InChI is InChI=1S/C22H25BrN6O2/c1-16(24-10-11-31-2)8-9-17(14-27-30)13-25-21-12-20(18-6-4-3-5-7-18)28-22-19(23)15-26-29(21)22/h3-9,12,14-15,24-25,30H,10-11,13H2,1-2H3/b16-8+,17-9-,27-14+. The topological polar surface area (TPSA) is 96.1 Å². The van der Waals surface area contributed by atoms with Crippen LogP contribution >= 0.6 is 15.9 Å². The van der Waals surface area contributed by atoms with Crippen LogP contribution in [0.2, 0.25) is 0 Å². The van der Waals surface area contributed by atoms with Crippen LogP contribution in [0.5, 0.6) is 0 Å². The van der Waals surface area contributed by atoms with E-state index < -0.39 is 0 Å².